The molecule has 2 fully saturated rings. The van der Waals surface area contributed by atoms with Crippen LogP contribution in [0.3, 0.4) is 0 Å². The van der Waals surface area contributed by atoms with Crippen molar-refractivity contribution < 1.29 is 9.53 Å². The quantitative estimate of drug-likeness (QED) is 0.439. The van der Waals surface area contributed by atoms with Crippen LogP contribution in [0.1, 0.15) is 102 Å². The normalized spacial score (nSPS) is 32.7. The summed E-state index contributed by atoms with van der Waals surface area (Å²) in [4.78, 5) is 11.4. The summed E-state index contributed by atoms with van der Waals surface area (Å²) in [5.41, 5.74) is 4.71. The van der Waals surface area contributed by atoms with E-state index in [9.17, 15) is 4.79 Å². The second-order valence-corrected chi connectivity index (χ2v) is 11.7. The molecule has 0 saturated heterocycles. The van der Waals surface area contributed by atoms with Crippen LogP contribution in [0.4, 0.5) is 0 Å². The SMILES string of the molecule is CC(=O)OC(C)(C)CCC[C@@H](C)[C@H]1CC[C@H]2[C@@H]3C=Cc4cccc(C)c4[C@H]3CC[C@]12C. The summed E-state index contributed by atoms with van der Waals surface area (Å²) >= 11 is 0. The molecule has 2 nitrogen and oxygen atoms in total. The second-order valence-electron chi connectivity index (χ2n) is 11.7. The molecule has 6 atom stereocenters. The van der Waals surface area contributed by atoms with E-state index in [4.69, 9.17) is 4.74 Å². The number of esters is 1. The van der Waals surface area contributed by atoms with E-state index in [1.54, 1.807) is 5.56 Å². The zero-order valence-corrected chi connectivity index (χ0v) is 20.5. The largest absolute Gasteiger partial charge is 0.460 e. The van der Waals surface area contributed by atoms with Crippen LogP contribution in [0, 0.1) is 36.0 Å². The van der Waals surface area contributed by atoms with Crippen LogP contribution in [0.5, 0.6) is 0 Å². The number of rotatable bonds is 6. The van der Waals surface area contributed by atoms with Gasteiger partial charge in [0.15, 0.2) is 0 Å². The molecule has 0 radical (unpaired) electrons. The Labute approximate surface area is 189 Å². The molecule has 0 heterocycles. The Morgan fingerprint density at radius 1 is 1.26 bits per heavy atom. The van der Waals surface area contributed by atoms with Crippen LogP contribution < -0.4 is 0 Å². The van der Waals surface area contributed by atoms with E-state index in [1.165, 1.54) is 50.2 Å². The molecule has 1 aromatic carbocycles. The second kappa shape index (κ2) is 8.41. The Balaban J connectivity index is 1.43. The molecule has 0 bridgehead atoms. The van der Waals surface area contributed by atoms with Crippen molar-refractivity contribution in [1.82, 2.24) is 0 Å². The van der Waals surface area contributed by atoms with Crippen LogP contribution in [0.15, 0.2) is 24.3 Å². The van der Waals surface area contributed by atoms with Gasteiger partial charge in [-0.2, -0.15) is 0 Å². The van der Waals surface area contributed by atoms with Crippen molar-refractivity contribution in [2.45, 2.75) is 98.0 Å². The fourth-order valence-electron chi connectivity index (χ4n) is 7.84. The van der Waals surface area contributed by atoms with Crippen molar-refractivity contribution in [2.75, 3.05) is 0 Å². The Bertz CT molecular complexity index is 850. The van der Waals surface area contributed by atoms with Gasteiger partial charge < -0.3 is 4.74 Å². The highest BCUT2D eigenvalue weighted by atomic mass is 16.6. The maximum Gasteiger partial charge on any atom is 0.303 e. The predicted molar refractivity (Wildman–Crippen MR) is 129 cm³/mol. The molecule has 1 aromatic rings. The van der Waals surface area contributed by atoms with E-state index in [0.717, 1.165) is 36.5 Å². The lowest BCUT2D eigenvalue weighted by Gasteiger charge is -2.51. The number of hydrogen-bond donors (Lipinski definition) is 0. The van der Waals surface area contributed by atoms with Crippen molar-refractivity contribution >= 4 is 12.0 Å². The predicted octanol–water partition coefficient (Wildman–Crippen LogP) is 7.70. The Morgan fingerprint density at radius 2 is 2.03 bits per heavy atom. The van der Waals surface area contributed by atoms with E-state index < -0.39 is 0 Å². The fourth-order valence-corrected chi connectivity index (χ4v) is 7.84. The van der Waals surface area contributed by atoms with E-state index >= 15 is 0 Å². The zero-order chi connectivity index (χ0) is 22.4. The van der Waals surface area contributed by atoms with Crippen LogP contribution in [-0.2, 0) is 9.53 Å². The monoisotopic (exact) mass is 422 g/mol. The first kappa shape index (κ1) is 22.6. The van der Waals surface area contributed by atoms with E-state index in [-0.39, 0.29) is 11.6 Å². The summed E-state index contributed by atoms with van der Waals surface area (Å²) < 4.78 is 5.50. The van der Waals surface area contributed by atoms with E-state index in [1.807, 2.05) is 13.8 Å². The molecule has 170 valence electrons. The van der Waals surface area contributed by atoms with Crippen molar-refractivity contribution in [3.05, 3.63) is 41.0 Å². The molecule has 0 N–H and O–H groups in total. The molecule has 3 aliphatic rings. The van der Waals surface area contributed by atoms with Crippen molar-refractivity contribution in [3.63, 3.8) is 0 Å². The molecule has 0 spiro atoms. The lowest BCUT2D eigenvalue weighted by Crippen LogP contribution is -2.42. The first-order valence-electron chi connectivity index (χ1n) is 12.6. The average Bonchev–Trinajstić information content (AvgIpc) is 3.04. The minimum atomic E-state index is -0.343. The molecule has 2 saturated carbocycles. The topological polar surface area (TPSA) is 26.3 Å². The molecular weight excluding hydrogens is 380 g/mol. The maximum atomic E-state index is 11.4. The first-order valence-corrected chi connectivity index (χ1v) is 12.6. The van der Waals surface area contributed by atoms with Crippen molar-refractivity contribution in [2.24, 2.45) is 29.1 Å². The lowest BCUT2D eigenvalue weighted by atomic mass is 9.54. The number of ether oxygens (including phenoxy) is 1. The molecule has 31 heavy (non-hydrogen) atoms. The summed E-state index contributed by atoms with van der Waals surface area (Å²) in [6.07, 6.45) is 13.8. The van der Waals surface area contributed by atoms with Gasteiger partial charge in [-0.1, -0.05) is 50.6 Å². The third-order valence-corrected chi connectivity index (χ3v) is 9.18. The van der Waals surface area contributed by atoms with Gasteiger partial charge >= 0.3 is 5.97 Å². The first-order chi connectivity index (χ1) is 14.6. The van der Waals surface area contributed by atoms with Gasteiger partial charge in [0.1, 0.15) is 5.60 Å². The summed E-state index contributed by atoms with van der Waals surface area (Å²) in [6.45, 7) is 13.0. The Kier molecular flexibility index (Phi) is 6.14. The summed E-state index contributed by atoms with van der Waals surface area (Å²) in [7, 11) is 0. The van der Waals surface area contributed by atoms with Gasteiger partial charge in [0, 0.05) is 6.92 Å². The van der Waals surface area contributed by atoms with Gasteiger partial charge in [0.25, 0.3) is 0 Å². The molecular formula is C29H42O2. The fraction of sp³-hybridized carbons (Fsp3) is 0.690. The highest BCUT2D eigenvalue weighted by Gasteiger charge is 2.55. The number of hydrogen-bond acceptors (Lipinski definition) is 2. The van der Waals surface area contributed by atoms with Crippen LogP contribution >= 0.6 is 0 Å². The van der Waals surface area contributed by atoms with Gasteiger partial charge in [-0.3, -0.25) is 4.79 Å². The smallest absolute Gasteiger partial charge is 0.303 e. The van der Waals surface area contributed by atoms with E-state index in [0.29, 0.717) is 11.3 Å². The molecule has 3 aliphatic carbocycles. The number of allylic oxidation sites excluding steroid dienone is 1. The summed E-state index contributed by atoms with van der Waals surface area (Å²) in [5.74, 6) is 3.65. The van der Waals surface area contributed by atoms with Crippen LogP contribution in [0.25, 0.3) is 6.08 Å². The maximum absolute atomic E-state index is 11.4. The highest BCUT2D eigenvalue weighted by molar-refractivity contribution is 5.66. The third-order valence-electron chi connectivity index (χ3n) is 9.18. The van der Waals surface area contributed by atoms with Gasteiger partial charge in [-0.05, 0) is 111 Å². The molecule has 0 aliphatic heterocycles. The van der Waals surface area contributed by atoms with Gasteiger partial charge in [-0.15, -0.1) is 0 Å². The standard InChI is InChI=1S/C29H42O2/c1-19(10-8-17-28(4,5)31-21(3)30)25-14-15-26-23-13-12-22-11-7-9-20(2)27(22)24(23)16-18-29(25,26)6/h7,9,11-13,19,23-26H,8,10,14-18H2,1-6H3/t19-,23-,24+,25-,26+,29-/m1/s1. The number of benzene rings is 1. The highest BCUT2D eigenvalue weighted by Crippen LogP contribution is 2.64. The Morgan fingerprint density at radius 3 is 2.77 bits per heavy atom. The molecule has 4 rings (SSSR count). The zero-order valence-electron chi connectivity index (χ0n) is 20.5. The molecule has 2 heteroatoms. The number of aryl methyl sites for hydroxylation is 1. The average molecular weight is 423 g/mol. The molecule has 0 unspecified atom stereocenters. The number of carbonyl (C=O) groups excluding carboxylic acids is 1. The summed E-state index contributed by atoms with van der Waals surface area (Å²) in [5, 5.41) is 0. The third kappa shape index (κ3) is 4.24. The minimum Gasteiger partial charge on any atom is -0.460 e. The number of fused-ring (bicyclic) bond motifs is 5. The van der Waals surface area contributed by atoms with Gasteiger partial charge in [-0.25, -0.2) is 0 Å². The van der Waals surface area contributed by atoms with Crippen LogP contribution in [0.2, 0.25) is 0 Å². The molecule has 0 aromatic heterocycles. The Hall–Kier alpha value is -1.57. The van der Waals surface area contributed by atoms with E-state index in [2.05, 4.69) is 51.1 Å². The van der Waals surface area contributed by atoms with Crippen molar-refractivity contribution in [1.29, 1.82) is 0 Å². The summed E-state index contributed by atoms with van der Waals surface area (Å²) in [6, 6.07) is 6.82. The molecule has 0 amide bonds. The van der Waals surface area contributed by atoms with Crippen molar-refractivity contribution in [3.8, 4) is 0 Å². The number of carbonyl (C=O) groups is 1. The minimum absolute atomic E-state index is 0.168. The van der Waals surface area contributed by atoms with Gasteiger partial charge in [0.2, 0.25) is 0 Å². The van der Waals surface area contributed by atoms with Gasteiger partial charge in [0.05, 0.1) is 0 Å². The van der Waals surface area contributed by atoms with Crippen LogP contribution in [-0.4, -0.2) is 11.6 Å². The lowest BCUT2D eigenvalue weighted by molar-refractivity contribution is -0.154.